The molecule has 1 saturated carbocycles. The Hall–Kier alpha value is -3.51. The SMILES string of the molecule is CC(C)c1cccc(C2(c3nc4c(c(=O)[nH]3)CN(C(=O)C(O)c3cccc(C5=CCCC5)c3)CCC4)CC2)c1. The fourth-order valence-electron chi connectivity index (χ4n) is 6.18. The van der Waals surface area contributed by atoms with Crippen molar-refractivity contribution in [2.24, 2.45) is 0 Å². The van der Waals surface area contributed by atoms with Crippen molar-refractivity contribution in [3.8, 4) is 0 Å². The number of nitrogens with one attached hydrogen (secondary N) is 1. The fraction of sp³-hybridized carbons (Fsp3) is 0.424. The lowest BCUT2D eigenvalue weighted by Crippen LogP contribution is -2.36. The monoisotopic (exact) mass is 523 g/mol. The minimum absolute atomic E-state index is 0.161. The lowest BCUT2D eigenvalue weighted by molar-refractivity contribution is -0.141. The highest BCUT2D eigenvalue weighted by Crippen LogP contribution is 2.52. The van der Waals surface area contributed by atoms with Crippen molar-refractivity contribution in [2.75, 3.05) is 6.54 Å². The molecule has 6 nitrogen and oxygen atoms in total. The van der Waals surface area contributed by atoms with Gasteiger partial charge < -0.3 is 15.0 Å². The number of aryl methyl sites for hydroxylation is 1. The standard InChI is InChI=1S/C33H37N3O3/c1-21(2)23-10-6-13-26(19-23)33(15-16-33)32-34-28-14-7-17-36(20-27(28)30(38)35-32)31(39)29(37)25-12-5-11-24(18-25)22-8-3-4-9-22/h5-6,8,10-13,18-19,21,29,37H,3-4,7,9,14-17,20H2,1-2H3,(H,34,35,38). The van der Waals surface area contributed by atoms with Crippen LogP contribution in [-0.4, -0.2) is 32.4 Å². The molecule has 6 rings (SSSR count). The van der Waals surface area contributed by atoms with Crippen molar-refractivity contribution in [3.05, 3.63) is 104 Å². The van der Waals surface area contributed by atoms with Gasteiger partial charge in [-0.15, -0.1) is 0 Å². The average Bonchev–Trinajstić information content (AvgIpc) is 3.64. The summed E-state index contributed by atoms with van der Waals surface area (Å²) >= 11 is 0. The van der Waals surface area contributed by atoms with Crippen LogP contribution in [-0.2, 0) is 23.2 Å². The van der Waals surface area contributed by atoms with E-state index in [-0.39, 0.29) is 23.4 Å². The molecular weight excluding hydrogens is 486 g/mol. The predicted octanol–water partition coefficient (Wildman–Crippen LogP) is 5.55. The maximum atomic E-state index is 13.4. The van der Waals surface area contributed by atoms with Crippen LogP contribution >= 0.6 is 0 Å². The van der Waals surface area contributed by atoms with Crippen molar-refractivity contribution in [3.63, 3.8) is 0 Å². The number of rotatable bonds is 6. The predicted molar refractivity (Wildman–Crippen MR) is 152 cm³/mol. The van der Waals surface area contributed by atoms with E-state index < -0.39 is 6.10 Å². The molecule has 1 unspecified atom stereocenters. The number of nitrogens with zero attached hydrogens (tertiary/aromatic N) is 2. The van der Waals surface area contributed by atoms with Crippen molar-refractivity contribution in [1.82, 2.24) is 14.9 Å². The number of carbonyl (C=O) groups excluding carboxylic acids is 1. The Balaban J connectivity index is 1.25. The number of benzene rings is 2. The number of allylic oxidation sites excluding steroid dienone is 2. The zero-order valence-corrected chi connectivity index (χ0v) is 22.9. The highest BCUT2D eigenvalue weighted by atomic mass is 16.3. The number of hydrogen-bond donors (Lipinski definition) is 2. The molecule has 0 radical (unpaired) electrons. The summed E-state index contributed by atoms with van der Waals surface area (Å²) in [7, 11) is 0. The van der Waals surface area contributed by atoms with Crippen LogP contribution in [0.5, 0.6) is 0 Å². The molecule has 1 fully saturated rings. The van der Waals surface area contributed by atoms with Gasteiger partial charge in [-0.2, -0.15) is 0 Å². The molecule has 2 heterocycles. The molecule has 0 saturated heterocycles. The molecule has 0 spiro atoms. The van der Waals surface area contributed by atoms with Gasteiger partial charge in [-0.05, 0) is 84.8 Å². The molecule has 2 aromatic carbocycles. The van der Waals surface area contributed by atoms with Crippen LogP contribution in [0.15, 0.2) is 59.4 Å². The van der Waals surface area contributed by atoms with Gasteiger partial charge in [0.05, 0.1) is 23.2 Å². The lowest BCUT2D eigenvalue weighted by atomic mass is 9.90. The molecule has 2 N–H and O–H groups in total. The molecule has 1 amide bonds. The van der Waals surface area contributed by atoms with Crippen LogP contribution in [0.2, 0.25) is 0 Å². The number of hydrogen-bond acceptors (Lipinski definition) is 4. The summed E-state index contributed by atoms with van der Waals surface area (Å²) in [6, 6.07) is 16.3. The number of aliphatic hydroxyl groups excluding tert-OH is 1. The van der Waals surface area contributed by atoms with Gasteiger partial charge in [0.1, 0.15) is 5.82 Å². The largest absolute Gasteiger partial charge is 0.378 e. The molecule has 202 valence electrons. The molecule has 0 bridgehead atoms. The minimum Gasteiger partial charge on any atom is -0.378 e. The second-order valence-electron chi connectivity index (χ2n) is 11.7. The Labute approximate surface area is 229 Å². The summed E-state index contributed by atoms with van der Waals surface area (Å²) in [6.07, 6.45) is 7.47. The van der Waals surface area contributed by atoms with Gasteiger partial charge in [-0.1, -0.05) is 62.4 Å². The molecular formula is C33H37N3O3. The quantitative estimate of drug-likeness (QED) is 0.444. The first-order valence-electron chi connectivity index (χ1n) is 14.3. The first-order valence-corrected chi connectivity index (χ1v) is 14.3. The molecule has 39 heavy (non-hydrogen) atoms. The zero-order chi connectivity index (χ0) is 27.1. The Kier molecular flexibility index (Phi) is 6.76. The molecule has 3 aliphatic rings. The van der Waals surface area contributed by atoms with Crippen LogP contribution in [0.1, 0.15) is 104 Å². The number of aromatic nitrogens is 2. The van der Waals surface area contributed by atoms with Gasteiger partial charge in [0.25, 0.3) is 11.5 Å². The Morgan fingerprint density at radius 1 is 1.05 bits per heavy atom. The van der Waals surface area contributed by atoms with E-state index >= 15 is 0 Å². The topological polar surface area (TPSA) is 86.3 Å². The van der Waals surface area contributed by atoms with Gasteiger partial charge in [0.15, 0.2) is 6.10 Å². The number of amides is 1. The number of fused-ring (bicyclic) bond motifs is 1. The Morgan fingerprint density at radius 3 is 2.59 bits per heavy atom. The Morgan fingerprint density at radius 2 is 1.85 bits per heavy atom. The van der Waals surface area contributed by atoms with E-state index in [0.29, 0.717) is 36.4 Å². The van der Waals surface area contributed by atoms with Crippen LogP contribution in [0.3, 0.4) is 0 Å². The van der Waals surface area contributed by atoms with E-state index in [9.17, 15) is 14.7 Å². The number of carbonyl (C=O) groups is 1. The third kappa shape index (κ3) is 4.87. The maximum absolute atomic E-state index is 13.4. The molecule has 1 aliphatic heterocycles. The Bertz CT molecular complexity index is 1500. The number of aromatic amines is 1. The second-order valence-corrected chi connectivity index (χ2v) is 11.7. The number of H-pyrrole nitrogens is 1. The van der Waals surface area contributed by atoms with E-state index in [0.717, 1.165) is 49.2 Å². The third-order valence-electron chi connectivity index (χ3n) is 8.76. The smallest absolute Gasteiger partial charge is 0.256 e. The summed E-state index contributed by atoms with van der Waals surface area (Å²) in [4.78, 5) is 36.6. The van der Waals surface area contributed by atoms with Crippen LogP contribution in [0.25, 0.3) is 5.57 Å². The van der Waals surface area contributed by atoms with E-state index in [1.807, 2.05) is 18.2 Å². The van der Waals surface area contributed by atoms with Crippen molar-refractivity contribution >= 4 is 11.5 Å². The summed E-state index contributed by atoms with van der Waals surface area (Å²) in [5.41, 5.74) is 6.33. The second kappa shape index (κ2) is 10.2. The molecule has 1 atom stereocenters. The summed E-state index contributed by atoms with van der Waals surface area (Å²) in [5.74, 6) is 0.805. The van der Waals surface area contributed by atoms with Crippen molar-refractivity contribution in [1.29, 1.82) is 0 Å². The van der Waals surface area contributed by atoms with Crippen molar-refractivity contribution < 1.29 is 9.90 Å². The van der Waals surface area contributed by atoms with Gasteiger partial charge >= 0.3 is 0 Å². The summed E-state index contributed by atoms with van der Waals surface area (Å²) in [5, 5.41) is 11.1. The van der Waals surface area contributed by atoms with Crippen LogP contribution < -0.4 is 5.56 Å². The fourth-order valence-corrected chi connectivity index (χ4v) is 6.18. The van der Waals surface area contributed by atoms with E-state index in [1.54, 1.807) is 11.0 Å². The highest BCUT2D eigenvalue weighted by molar-refractivity contribution is 5.82. The van der Waals surface area contributed by atoms with Crippen molar-refractivity contribution in [2.45, 2.75) is 82.8 Å². The first kappa shape index (κ1) is 25.8. The van der Waals surface area contributed by atoms with E-state index in [2.05, 4.69) is 49.2 Å². The van der Waals surface area contributed by atoms with Gasteiger partial charge in [0.2, 0.25) is 0 Å². The first-order chi connectivity index (χ1) is 18.9. The molecule has 3 aromatic rings. The van der Waals surface area contributed by atoms with Gasteiger partial charge in [-0.3, -0.25) is 9.59 Å². The van der Waals surface area contributed by atoms with Crippen LogP contribution in [0.4, 0.5) is 0 Å². The molecule has 6 heteroatoms. The lowest BCUT2D eigenvalue weighted by Gasteiger charge is -2.24. The van der Waals surface area contributed by atoms with Crippen LogP contribution in [0, 0.1) is 0 Å². The summed E-state index contributed by atoms with van der Waals surface area (Å²) in [6.45, 7) is 5.02. The molecule has 2 aliphatic carbocycles. The van der Waals surface area contributed by atoms with Gasteiger partial charge in [-0.25, -0.2) is 4.98 Å². The van der Waals surface area contributed by atoms with E-state index in [1.165, 1.54) is 16.7 Å². The highest BCUT2D eigenvalue weighted by Gasteiger charge is 2.49. The average molecular weight is 524 g/mol. The molecule has 1 aromatic heterocycles. The van der Waals surface area contributed by atoms with E-state index in [4.69, 9.17) is 4.98 Å². The number of aliphatic hydroxyl groups is 1. The summed E-state index contributed by atoms with van der Waals surface area (Å²) < 4.78 is 0. The normalized spacial score (nSPS) is 18.9. The zero-order valence-electron chi connectivity index (χ0n) is 22.9. The third-order valence-corrected chi connectivity index (χ3v) is 8.76. The van der Waals surface area contributed by atoms with Gasteiger partial charge in [0, 0.05) is 6.54 Å². The maximum Gasteiger partial charge on any atom is 0.256 e. The minimum atomic E-state index is -1.26.